The van der Waals surface area contributed by atoms with Crippen LogP contribution in [0.25, 0.3) is 0 Å². The van der Waals surface area contributed by atoms with Gasteiger partial charge in [0.05, 0.1) is 19.1 Å². The Balaban J connectivity index is 1.31. The van der Waals surface area contributed by atoms with Crippen LogP contribution in [-0.2, 0) is 30.9 Å². The van der Waals surface area contributed by atoms with Gasteiger partial charge in [0.15, 0.2) is 0 Å². The highest BCUT2D eigenvalue weighted by Gasteiger charge is 2.34. The van der Waals surface area contributed by atoms with E-state index in [0.717, 1.165) is 22.4 Å². The predicted octanol–water partition coefficient (Wildman–Crippen LogP) is 2.27. The van der Waals surface area contributed by atoms with Gasteiger partial charge in [0.1, 0.15) is 10.9 Å². The molecule has 2 saturated heterocycles. The van der Waals surface area contributed by atoms with E-state index in [1.165, 1.54) is 4.31 Å². The third-order valence-corrected chi connectivity index (χ3v) is 8.95. The second-order valence-electron chi connectivity index (χ2n) is 9.65. The molecule has 2 aromatic rings. The fraction of sp³-hybridized carbons (Fsp3) is 0.500. The van der Waals surface area contributed by atoms with Gasteiger partial charge in [-0.2, -0.15) is 4.31 Å². The molecule has 200 valence electrons. The number of amides is 1. The summed E-state index contributed by atoms with van der Waals surface area (Å²) in [6, 6.07) is 9.14. The fourth-order valence-electron chi connectivity index (χ4n) is 4.73. The van der Waals surface area contributed by atoms with E-state index in [-0.39, 0.29) is 35.9 Å². The van der Waals surface area contributed by atoms with E-state index in [0.29, 0.717) is 51.5 Å². The minimum Gasteiger partial charge on any atom is -0.466 e. The normalized spacial score (nSPS) is 17.8. The number of likely N-dealkylation sites (tertiary alicyclic amines) is 1. The van der Waals surface area contributed by atoms with Crippen molar-refractivity contribution in [3.05, 3.63) is 52.7 Å². The van der Waals surface area contributed by atoms with Gasteiger partial charge in [-0.25, -0.2) is 8.42 Å². The Bertz CT molecular complexity index is 1240. The molecule has 1 aromatic heterocycles. The second kappa shape index (κ2) is 11.1. The molecule has 10 nitrogen and oxygen atoms in total. The number of H-pyrrole nitrogens is 1. The molecule has 11 heteroatoms. The van der Waals surface area contributed by atoms with Crippen LogP contribution < -0.4 is 0 Å². The van der Waals surface area contributed by atoms with Gasteiger partial charge in [-0.3, -0.25) is 15.0 Å². The predicted molar refractivity (Wildman–Crippen MR) is 139 cm³/mol. The number of hydrogen-bond donors (Lipinski definition) is 2. The number of piperazine rings is 1. The van der Waals surface area contributed by atoms with Crippen LogP contribution in [0.2, 0.25) is 0 Å². The lowest BCUT2D eigenvalue weighted by Gasteiger charge is -2.33. The van der Waals surface area contributed by atoms with Gasteiger partial charge in [-0.15, -0.1) is 0 Å². The molecule has 3 heterocycles. The molecule has 2 fully saturated rings. The topological polar surface area (TPSA) is 127 Å². The number of aryl methyl sites for hydroxylation is 2. The smallest absolute Gasteiger partial charge is 0.309 e. The number of aromatic nitrogens is 1. The number of carbonyl (C=O) groups is 2. The Morgan fingerprint density at radius 3 is 2.35 bits per heavy atom. The van der Waals surface area contributed by atoms with Gasteiger partial charge >= 0.3 is 5.97 Å². The molecule has 4 rings (SSSR count). The number of esters is 1. The zero-order valence-electron chi connectivity index (χ0n) is 21.6. The lowest BCUT2D eigenvalue weighted by molar-refractivity contribution is -0.149. The summed E-state index contributed by atoms with van der Waals surface area (Å²) in [5.74, 6) is -0.0782. The average molecular weight is 530 g/mol. The second-order valence-corrected chi connectivity index (χ2v) is 11.6. The van der Waals surface area contributed by atoms with Crippen LogP contribution in [0.15, 0.2) is 35.4 Å². The van der Waals surface area contributed by atoms with E-state index in [1.807, 2.05) is 43.0 Å². The third kappa shape index (κ3) is 5.88. The molecule has 1 aromatic carbocycles. The summed E-state index contributed by atoms with van der Waals surface area (Å²) in [5.41, 5.74) is 3.34. The highest BCUT2D eigenvalue weighted by molar-refractivity contribution is 7.89. The van der Waals surface area contributed by atoms with Crippen molar-refractivity contribution >= 4 is 27.7 Å². The number of nitrogens with one attached hydrogen (secondary N) is 2. The Morgan fingerprint density at radius 2 is 1.78 bits per heavy atom. The summed E-state index contributed by atoms with van der Waals surface area (Å²) in [6.45, 7) is 7.84. The Hall–Kier alpha value is -3.18. The molecule has 2 aliphatic heterocycles. The lowest BCUT2D eigenvalue weighted by Crippen LogP contribution is -2.51. The number of benzene rings is 1. The highest BCUT2D eigenvalue weighted by Crippen LogP contribution is 2.22. The highest BCUT2D eigenvalue weighted by atomic mass is 32.2. The van der Waals surface area contributed by atoms with Crippen LogP contribution in [0.3, 0.4) is 0 Å². The average Bonchev–Trinajstić information content (AvgIpc) is 3.24. The van der Waals surface area contributed by atoms with Crippen molar-refractivity contribution in [1.82, 2.24) is 19.1 Å². The molecule has 0 saturated carbocycles. The van der Waals surface area contributed by atoms with Crippen molar-refractivity contribution in [2.45, 2.75) is 45.2 Å². The molecule has 2 N–H and O–H groups in total. The molecule has 1 amide bonds. The number of piperidine rings is 1. The number of sulfonamides is 1. The summed E-state index contributed by atoms with van der Waals surface area (Å²) in [6.07, 6.45) is 1.35. The molecule has 0 aliphatic carbocycles. The maximum absolute atomic E-state index is 13.0. The van der Waals surface area contributed by atoms with E-state index < -0.39 is 10.0 Å². The molecular formula is C26H35N5O5S. The first-order chi connectivity index (χ1) is 17.6. The fourth-order valence-corrected chi connectivity index (χ4v) is 6.22. The molecule has 0 bridgehead atoms. The molecule has 2 aliphatic rings. The van der Waals surface area contributed by atoms with Crippen molar-refractivity contribution in [2.75, 3.05) is 39.3 Å². The molecule has 0 spiro atoms. The minimum absolute atomic E-state index is 0.101. The van der Waals surface area contributed by atoms with E-state index in [2.05, 4.69) is 4.98 Å². The molecule has 0 atom stereocenters. The zero-order chi connectivity index (χ0) is 26.7. The standard InChI is InChI=1S/C26H35N5O5S/c1-4-36-26(33)22-9-11-29(12-10-22)25(27)21-7-5-20(6-8-21)16-30-13-14-31(17-24(30)32)37(34,35)23-15-18(2)19(3)28-23/h5-8,15,22,27-28H,4,9-14,16-17H2,1-3H3. The van der Waals surface area contributed by atoms with Crippen LogP contribution in [0, 0.1) is 25.2 Å². The Kier molecular flexibility index (Phi) is 8.03. The van der Waals surface area contributed by atoms with Crippen LogP contribution in [0.5, 0.6) is 0 Å². The monoisotopic (exact) mass is 529 g/mol. The zero-order valence-corrected chi connectivity index (χ0v) is 22.4. The number of rotatable bonds is 7. The van der Waals surface area contributed by atoms with E-state index in [4.69, 9.17) is 10.1 Å². The van der Waals surface area contributed by atoms with Crippen molar-refractivity contribution in [2.24, 2.45) is 5.92 Å². The molecular weight excluding hydrogens is 494 g/mol. The number of nitrogens with zero attached hydrogens (tertiary/aromatic N) is 3. The van der Waals surface area contributed by atoms with Gasteiger partial charge in [0.2, 0.25) is 5.91 Å². The van der Waals surface area contributed by atoms with Gasteiger partial charge in [-0.1, -0.05) is 24.3 Å². The SMILES string of the molecule is CCOC(=O)C1CCN(C(=N)c2ccc(CN3CCN(S(=O)(=O)c4cc(C)c(C)[nH]4)CC3=O)cc2)CC1. The quantitative estimate of drug-likeness (QED) is 0.322. The molecule has 0 unspecified atom stereocenters. The number of ether oxygens (including phenoxy) is 1. The van der Waals surface area contributed by atoms with Crippen molar-refractivity contribution < 1.29 is 22.7 Å². The molecule has 37 heavy (non-hydrogen) atoms. The van der Waals surface area contributed by atoms with Crippen molar-refractivity contribution in [3.8, 4) is 0 Å². The van der Waals surface area contributed by atoms with E-state index >= 15 is 0 Å². The van der Waals surface area contributed by atoms with Crippen molar-refractivity contribution in [3.63, 3.8) is 0 Å². The third-order valence-electron chi connectivity index (χ3n) is 7.18. The van der Waals surface area contributed by atoms with Crippen LogP contribution in [0.1, 0.15) is 42.1 Å². The van der Waals surface area contributed by atoms with Crippen LogP contribution >= 0.6 is 0 Å². The molecule has 0 radical (unpaired) electrons. The van der Waals surface area contributed by atoms with E-state index in [1.54, 1.807) is 17.9 Å². The largest absolute Gasteiger partial charge is 0.466 e. The number of amidine groups is 1. The number of hydrogen-bond acceptors (Lipinski definition) is 6. The summed E-state index contributed by atoms with van der Waals surface area (Å²) in [7, 11) is -3.75. The number of aromatic amines is 1. The Morgan fingerprint density at radius 1 is 1.11 bits per heavy atom. The van der Waals surface area contributed by atoms with Crippen LogP contribution in [-0.4, -0.2) is 84.5 Å². The van der Waals surface area contributed by atoms with Gasteiger partial charge in [0, 0.05) is 44.0 Å². The van der Waals surface area contributed by atoms with E-state index in [9.17, 15) is 18.0 Å². The van der Waals surface area contributed by atoms with Gasteiger partial charge in [0.25, 0.3) is 10.0 Å². The maximum Gasteiger partial charge on any atom is 0.309 e. The maximum atomic E-state index is 13.0. The van der Waals surface area contributed by atoms with Gasteiger partial charge in [-0.05, 0) is 50.8 Å². The first kappa shape index (κ1) is 26.9. The lowest BCUT2D eigenvalue weighted by atomic mass is 9.96. The first-order valence-electron chi connectivity index (χ1n) is 12.6. The number of carbonyl (C=O) groups excluding carboxylic acids is 2. The summed E-state index contributed by atoms with van der Waals surface area (Å²) in [4.78, 5) is 31.3. The summed E-state index contributed by atoms with van der Waals surface area (Å²) in [5, 5.41) is 8.70. The minimum atomic E-state index is -3.75. The van der Waals surface area contributed by atoms with Crippen LogP contribution in [0.4, 0.5) is 0 Å². The summed E-state index contributed by atoms with van der Waals surface area (Å²) < 4.78 is 32.3. The Labute approximate surface area is 218 Å². The first-order valence-corrected chi connectivity index (χ1v) is 14.1. The van der Waals surface area contributed by atoms with Crippen molar-refractivity contribution in [1.29, 1.82) is 5.41 Å². The summed E-state index contributed by atoms with van der Waals surface area (Å²) >= 11 is 0. The van der Waals surface area contributed by atoms with Gasteiger partial charge < -0.3 is 19.5 Å².